The summed E-state index contributed by atoms with van der Waals surface area (Å²) in [5.74, 6) is -1.27. The van der Waals surface area contributed by atoms with Gasteiger partial charge in [0.25, 0.3) is 0 Å². The first-order chi connectivity index (χ1) is 38.3. The van der Waals surface area contributed by atoms with Crippen molar-refractivity contribution in [1.82, 2.24) is 0 Å². The van der Waals surface area contributed by atoms with Crippen LogP contribution in [0.3, 0.4) is 0 Å². The van der Waals surface area contributed by atoms with Gasteiger partial charge in [0.1, 0.15) is 23.0 Å². The molecule has 0 heterocycles. The lowest BCUT2D eigenvalue weighted by Crippen LogP contribution is -2.46. The summed E-state index contributed by atoms with van der Waals surface area (Å²) in [5, 5.41) is 51.7. The Kier molecular flexibility index (Phi) is 16.9. The summed E-state index contributed by atoms with van der Waals surface area (Å²) in [6.45, 7) is 50.5. The maximum absolute atomic E-state index is 18.3. The van der Waals surface area contributed by atoms with Gasteiger partial charge >= 0.3 is 5.97 Å². The van der Waals surface area contributed by atoms with E-state index in [1.807, 2.05) is 103 Å². The number of aromatic hydroxyl groups is 4. The Balaban J connectivity index is 1.99. The van der Waals surface area contributed by atoms with E-state index in [9.17, 15) is 20.4 Å². The molecule has 1 atom stereocenters. The molecule has 7 rings (SSSR count). The van der Waals surface area contributed by atoms with Crippen LogP contribution in [0.25, 0.3) is 0 Å². The van der Waals surface area contributed by atoms with Crippen molar-refractivity contribution in [3.63, 3.8) is 0 Å². The predicted molar refractivity (Wildman–Crippen MR) is 350 cm³/mol. The highest BCUT2D eigenvalue weighted by Gasteiger charge is 2.55. The minimum Gasteiger partial charge on any atom is -0.507 e. The molecule has 0 aliphatic carbocycles. The fourth-order valence-corrected chi connectivity index (χ4v) is 12.5. The number of benzene rings is 7. The van der Waals surface area contributed by atoms with Gasteiger partial charge in [0.2, 0.25) is 0 Å². The largest absolute Gasteiger partial charge is 0.507 e. The van der Waals surface area contributed by atoms with Crippen LogP contribution in [0.5, 0.6) is 23.0 Å². The molecule has 1 unspecified atom stereocenters. The summed E-state index contributed by atoms with van der Waals surface area (Å²) < 4.78 is 7.97. The van der Waals surface area contributed by atoms with Crippen LogP contribution < -0.4 is 0 Å². The third kappa shape index (κ3) is 12.2. The average molecular weight is 1130 g/mol. The molecule has 6 nitrogen and oxygen atoms in total. The number of phenols is 4. The van der Waals surface area contributed by atoms with E-state index in [1.54, 1.807) is 0 Å². The van der Waals surface area contributed by atoms with Crippen LogP contribution in [-0.4, -0.2) is 26.4 Å². The fourth-order valence-electron chi connectivity index (χ4n) is 12.5. The Morgan fingerprint density at radius 3 is 0.679 bits per heavy atom. The lowest BCUT2D eigenvalue weighted by molar-refractivity contribution is -0.156. The Hall–Kier alpha value is -6.79. The summed E-state index contributed by atoms with van der Waals surface area (Å²) in [6, 6.07) is 46.6. The van der Waals surface area contributed by atoms with Gasteiger partial charge in [-0.25, -0.2) is 0 Å². The molecular formula is C78H100O6. The molecule has 0 bridgehead atoms. The van der Waals surface area contributed by atoms with Crippen LogP contribution in [-0.2, 0) is 63.9 Å². The maximum Gasteiger partial charge on any atom is 0.316 e. The van der Waals surface area contributed by atoms with E-state index in [1.165, 1.54) is 0 Å². The number of rotatable bonds is 10. The Labute approximate surface area is 505 Å². The molecule has 448 valence electrons. The second-order valence-corrected chi connectivity index (χ2v) is 32.2. The third-order valence-electron chi connectivity index (χ3n) is 17.1. The van der Waals surface area contributed by atoms with E-state index in [2.05, 4.69) is 203 Å². The molecule has 0 spiro atoms. The summed E-state index contributed by atoms with van der Waals surface area (Å²) in [6.07, 6.45) is 0. The van der Waals surface area contributed by atoms with Crippen molar-refractivity contribution in [3.05, 3.63) is 223 Å². The predicted octanol–water partition coefficient (Wildman–Crippen LogP) is 19.5. The minimum atomic E-state index is -1.71. The summed E-state index contributed by atoms with van der Waals surface area (Å²) >= 11 is 0. The van der Waals surface area contributed by atoms with Crippen LogP contribution in [0.15, 0.2) is 140 Å². The quantitative estimate of drug-likeness (QED) is 0.0803. The molecule has 0 fully saturated rings. The third-order valence-corrected chi connectivity index (χ3v) is 17.1. The molecule has 0 radical (unpaired) electrons. The Bertz CT molecular complexity index is 3090. The van der Waals surface area contributed by atoms with E-state index < -0.39 is 66.2 Å². The number of carbonyl (C=O) groups excluding carboxylic acids is 1. The van der Waals surface area contributed by atoms with Gasteiger partial charge in [-0.3, -0.25) is 4.79 Å². The van der Waals surface area contributed by atoms with Crippen LogP contribution in [0.1, 0.15) is 256 Å². The zero-order valence-electron chi connectivity index (χ0n) is 55.5. The average Bonchev–Trinajstić information content (AvgIpc) is 0.908. The molecule has 0 aliphatic rings. The summed E-state index contributed by atoms with van der Waals surface area (Å²) in [7, 11) is 0. The second kappa shape index (κ2) is 21.9. The highest BCUT2D eigenvalue weighted by Crippen LogP contribution is 2.59. The second-order valence-electron chi connectivity index (χ2n) is 32.2. The van der Waals surface area contributed by atoms with Gasteiger partial charge in [0.15, 0.2) is 5.60 Å². The van der Waals surface area contributed by atoms with Crippen LogP contribution in [0.2, 0.25) is 0 Å². The van der Waals surface area contributed by atoms with Gasteiger partial charge in [0.05, 0.1) is 11.3 Å². The summed E-state index contributed by atoms with van der Waals surface area (Å²) in [5.41, 5.74) is 1.83. The van der Waals surface area contributed by atoms with Gasteiger partial charge in [-0.1, -0.05) is 306 Å². The van der Waals surface area contributed by atoms with Crippen LogP contribution >= 0.6 is 0 Å². The van der Waals surface area contributed by atoms with E-state index in [0.29, 0.717) is 66.8 Å². The standard InChI is InChI=1S/C78H100O6/c1-69(2,3)55-40-48(41-56(64(55)79)70(4,5)6)63(68(83)84-78(49-34-28-25-29-35-49,50-36-30-26-31-37-50)51-38-32-27-33-39-51)77(52-42-57(71(7,8)9)65(80)58(43-52)72(10,11)12,53-44-59(73(13,14)15)66(81)60(45-53)74(16,17)18)54-46-61(75(19,20)21)67(82)62(47-54)76(22,23)24/h25-47,63,79-82H,1-24H3. The van der Waals surface area contributed by atoms with E-state index in [4.69, 9.17) is 4.74 Å². The van der Waals surface area contributed by atoms with Gasteiger partial charge in [-0.2, -0.15) is 0 Å². The SMILES string of the molecule is CC(C)(C)c1cc(C(C(=O)OC(c2ccccc2)(c2ccccc2)c2ccccc2)C(c2cc(C(C)(C)C)c(O)c(C(C)(C)C)c2)(c2cc(C(C)(C)C)c(O)c(C(C)(C)C)c2)c2cc(C(C)(C)C)c(O)c(C(C)(C)C)c2)cc(C(C)(C)C)c1O. The smallest absolute Gasteiger partial charge is 0.316 e. The van der Waals surface area contributed by atoms with Gasteiger partial charge in [0, 0.05) is 16.7 Å². The molecule has 4 N–H and O–H groups in total. The molecule has 0 aromatic heterocycles. The van der Waals surface area contributed by atoms with Gasteiger partial charge in [-0.05, 0) is 110 Å². The molecule has 0 saturated heterocycles. The maximum atomic E-state index is 18.3. The van der Waals surface area contributed by atoms with E-state index in [-0.39, 0.29) is 23.0 Å². The fraction of sp³-hybridized carbons (Fsp3) is 0.449. The van der Waals surface area contributed by atoms with Crippen molar-refractivity contribution in [2.24, 2.45) is 0 Å². The molecule has 7 aromatic rings. The number of hydrogen-bond donors (Lipinski definition) is 4. The van der Waals surface area contributed by atoms with Crippen molar-refractivity contribution >= 4 is 5.97 Å². The van der Waals surface area contributed by atoms with Gasteiger partial charge in [-0.15, -0.1) is 0 Å². The van der Waals surface area contributed by atoms with Crippen LogP contribution in [0, 0.1) is 0 Å². The number of esters is 1. The molecule has 7 aromatic carbocycles. The highest BCUT2D eigenvalue weighted by atomic mass is 16.6. The highest BCUT2D eigenvalue weighted by molar-refractivity contribution is 5.86. The minimum absolute atomic E-state index is 0.155. The first-order valence-electron chi connectivity index (χ1n) is 30.2. The molecule has 0 aliphatic heterocycles. The Morgan fingerprint density at radius 2 is 0.488 bits per heavy atom. The normalized spacial score (nSPS) is 13.9. The molecular weight excluding hydrogens is 1030 g/mol. The van der Waals surface area contributed by atoms with E-state index in [0.717, 1.165) is 16.7 Å². The van der Waals surface area contributed by atoms with Crippen molar-refractivity contribution in [1.29, 1.82) is 0 Å². The van der Waals surface area contributed by atoms with Crippen LogP contribution in [0.4, 0.5) is 0 Å². The van der Waals surface area contributed by atoms with Gasteiger partial charge < -0.3 is 25.2 Å². The Morgan fingerprint density at radius 1 is 0.298 bits per heavy atom. The first-order valence-corrected chi connectivity index (χ1v) is 30.2. The van der Waals surface area contributed by atoms with Crippen molar-refractivity contribution in [2.45, 2.75) is 226 Å². The van der Waals surface area contributed by atoms with Crippen molar-refractivity contribution < 1.29 is 30.0 Å². The van der Waals surface area contributed by atoms with Crippen molar-refractivity contribution in [2.75, 3.05) is 0 Å². The number of ether oxygens (including phenoxy) is 1. The topological polar surface area (TPSA) is 107 Å². The summed E-state index contributed by atoms with van der Waals surface area (Å²) in [4.78, 5) is 18.3. The lowest BCUT2D eigenvalue weighted by Gasteiger charge is -2.47. The van der Waals surface area contributed by atoms with Crippen molar-refractivity contribution in [3.8, 4) is 23.0 Å². The zero-order chi connectivity index (χ0) is 63.1. The molecule has 0 saturated carbocycles. The lowest BCUT2D eigenvalue weighted by atomic mass is 9.56. The monoisotopic (exact) mass is 1130 g/mol. The van der Waals surface area contributed by atoms with E-state index >= 15 is 4.79 Å². The number of carbonyl (C=O) groups is 1. The molecule has 0 amide bonds. The molecule has 6 heteroatoms. The number of phenolic OH excluding ortho intramolecular Hbond substituents is 4. The zero-order valence-corrected chi connectivity index (χ0v) is 55.5. The molecule has 84 heavy (non-hydrogen) atoms. The number of hydrogen-bond acceptors (Lipinski definition) is 6. The first kappa shape index (κ1) is 64.8.